The maximum Gasteiger partial charge on any atom is 0.259 e. The van der Waals surface area contributed by atoms with Crippen LogP contribution in [0.2, 0.25) is 5.02 Å². The molecule has 7 nitrogen and oxygen atoms in total. The van der Waals surface area contributed by atoms with Gasteiger partial charge in [-0.2, -0.15) is 10.4 Å². The fourth-order valence-corrected chi connectivity index (χ4v) is 4.11. The van der Waals surface area contributed by atoms with E-state index in [1.54, 1.807) is 47.2 Å². The van der Waals surface area contributed by atoms with Crippen molar-refractivity contribution in [1.82, 2.24) is 19.7 Å². The summed E-state index contributed by atoms with van der Waals surface area (Å²) in [7, 11) is 0. The third-order valence-corrected chi connectivity index (χ3v) is 5.85. The van der Waals surface area contributed by atoms with Crippen LogP contribution in [0.5, 0.6) is 5.75 Å². The molecular weight excluding hydrogens is 474 g/mol. The maximum absolute atomic E-state index is 12.6. The average Bonchev–Trinajstić information content (AvgIpc) is 3.33. The van der Waals surface area contributed by atoms with Crippen LogP contribution in [-0.4, -0.2) is 26.4 Å². The van der Waals surface area contributed by atoms with Crippen LogP contribution in [0.1, 0.15) is 18.3 Å². The van der Waals surface area contributed by atoms with Crippen molar-refractivity contribution in [2.45, 2.75) is 6.92 Å². The molecule has 0 atom stereocenters. The van der Waals surface area contributed by atoms with E-state index in [9.17, 15) is 10.1 Å². The van der Waals surface area contributed by atoms with Crippen molar-refractivity contribution in [2.24, 2.45) is 0 Å². The molecule has 0 spiro atoms. The first-order valence-electron chi connectivity index (χ1n) is 11.3. The summed E-state index contributed by atoms with van der Waals surface area (Å²) in [5.74, 6) is 0.766. The van der Waals surface area contributed by atoms with E-state index in [-0.39, 0.29) is 17.0 Å². The van der Waals surface area contributed by atoms with Gasteiger partial charge in [0.05, 0.1) is 33.8 Å². The van der Waals surface area contributed by atoms with Gasteiger partial charge in [-0.15, -0.1) is 0 Å². The van der Waals surface area contributed by atoms with Gasteiger partial charge in [0, 0.05) is 17.3 Å². The normalized spacial score (nSPS) is 11.4. The number of aromatic amines is 1. The van der Waals surface area contributed by atoms with Crippen molar-refractivity contribution in [2.75, 3.05) is 6.61 Å². The highest BCUT2D eigenvalue weighted by Crippen LogP contribution is 2.33. The van der Waals surface area contributed by atoms with Gasteiger partial charge < -0.3 is 9.72 Å². The Hall–Kier alpha value is -4.67. The van der Waals surface area contributed by atoms with Gasteiger partial charge in [0.1, 0.15) is 17.5 Å². The molecule has 5 rings (SSSR count). The Morgan fingerprint density at radius 2 is 1.92 bits per heavy atom. The largest absolute Gasteiger partial charge is 0.492 e. The van der Waals surface area contributed by atoms with E-state index < -0.39 is 0 Å². The summed E-state index contributed by atoms with van der Waals surface area (Å²) < 4.78 is 7.30. The number of fused-ring (bicyclic) bond motifs is 1. The molecule has 176 valence electrons. The zero-order valence-electron chi connectivity index (χ0n) is 19.3. The standard InChI is InChI=1S/C28H20ClN5O2/c1-2-36-25-13-12-18(15-23(25)29)26-20(17-34(33-26)21-8-4-3-5-9-21)14-19(16-30)27-31-24-11-7-6-10-22(24)28(35)32-27/h3-15,17H,2H2,1H3,(H,31,32,35)/b19-14+. The molecule has 0 bridgehead atoms. The zero-order valence-corrected chi connectivity index (χ0v) is 20.0. The van der Waals surface area contributed by atoms with E-state index in [1.807, 2.05) is 49.5 Å². The number of halogens is 1. The highest BCUT2D eigenvalue weighted by atomic mass is 35.5. The molecule has 0 aliphatic carbocycles. The molecule has 2 aromatic heterocycles. The quantitative estimate of drug-likeness (QED) is 0.297. The minimum atomic E-state index is -0.310. The van der Waals surface area contributed by atoms with Crippen LogP contribution in [-0.2, 0) is 0 Å². The molecule has 0 amide bonds. The molecular formula is C28H20ClN5O2. The highest BCUT2D eigenvalue weighted by molar-refractivity contribution is 6.32. The van der Waals surface area contributed by atoms with E-state index in [0.29, 0.717) is 39.5 Å². The highest BCUT2D eigenvalue weighted by Gasteiger charge is 2.16. The van der Waals surface area contributed by atoms with E-state index in [4.69, 9.17) is 21.4 Å². The zero-order chi connectivity index (χ0) is 25.1. The van der Waals surface area contributed by atoms with Crippen molar-refractivity contribution in [3.63, 3.8) is 0 Å². The number of benzene rings is 3. The van der Waals surface area contributed by atoms with Crippen molar-refractivity contribution in [1.29, 1.82) is 5.26 Å². The summed E-state index contributed by atoms with van der Waals surface area (Å²) in [6.45, 7) is 2.39. The molecule has 0 saturated heterocycles. The van der Waals surface area contributed by atoms with E-state index in [0.717, 1.165) is 11.3 Å². The van der Waals surface area contributed by atoms with Crippen LogP contribution in [0.25, 0.3) is 39.5 Å². The molecule has 3 aromatic carbocycles. The van der Waals surface area contributed by atoms with E-state index >= 15 is 0 Å². The number of ether oxygens (including phenoxy) is 1. The number of hydrogen-bond donors (Lipinski definition) is 1. The van der Waals surface area contributed by atoms with Gasteiger partial charge in [-0.05, 0) is 55.5 Å². The lowest BCUT2D eigenvalue weighted by molar-refractivity contribution is 0.340. The van der Waals surface area contributed by atoms with Gasteiger partial charge in [0.25, 0.3) is 5.56 Å². The van der Waals surface area contributed by atoms with Gasteiger partial charge >= 0.3 is 0 Å². The molecule has 0 aliphatic heterocycles. The van der Waals surface area contributed by atoms with Crippen molar-refractivity contribution < 1.29 is 4.74 Å². The molecule has 0 fully saturated rings. The Labute approximate surface area is 211 Å². The topological polar surface area (TPSA) is 96.6 Å². The van der Waals surface area contributed by atoms with Crippen molar-refractivity contribution >= 4 is 34.2 Å². The second-order valence-corrected chi connectivity index (χ2v) is 8.30. The number of H-pyrrole nitrogens is 1. The second-order valence-electron chi connectivity index (χ2n) is 7.89. The summed E-state index contributed by atoms with van der Waals surface area (Å²) >= 11 is 6.46. The fraction of sp³-hybridized carbons (Fsp3) is 0.0714. The summed E-state index contributed by atoms with van der Waals surface area (Å²) in [5.41, 5.74) is 3.27. The predicted molar refractivity (Wildman–Crippen MR) is 141 cm³/mol. The van der Waals surface area contributed by atoms with Crippen molar-refractivity contribution in [3.05, 3.63) is 106 Å². The molecule has 0 unspecified atom stereocenters. The van der Waals surface area contributed by atoms with Crippen molar-refractivity contribution in [3.8, 4) is 28.8 Å². The SMILES string of the molecule is CCOc1ccc(-c2nn(-c3ccccc3)cc2/C=C(\C#N)c2nc3ccccc3c(=O)[nH]2)cc1Cl. The third kappa shape index (κ3) is 4.50. The Bertz CT molecular complexity index is 1700. The number of rotatable bonds is 6. The molecule has 5 aromatic rings. The molecule has 36 heavy (non-hydrogen) atoms. The molecule has 0 saturated carbocycles. The molecule has 1 N–H and O–H groups in total. The molecule has 2 heterocycles. The number of nitriles is 1. The predicted octanol–water partition coefficient (Wildman–Crippen LogP) is 5.89. The first kappa shape index (κ1) is 23.1. The number of hydrogen-bond acceptors (Lipinski definition) is 5. The lowest BCUT2D eigenvalue weighted by Crippen LogP contribution is -2.11. The van der Waals surface area contributed by atoms with Crippen LogP contribution in [0.4, 0.5) is 0 Å². The first-order chi connectivity index (χ1) is 17.6. The monoisotopic (exact) mass is 493 g/mol. The Morgan fingerprint density at radius 3 is 2.67 bits per heavy atom. The smallest absolute Gasteiger partial charge is 0.259 e. The van der Waals surface area contributed by atoms with Crippen LogP contribution >= 0.6 is 11.6 Å². The minimum absolute atomic E-state index is 0.185. The third-order valence-electron chi connectivity index (χ3n) is 5.56. The summed E-state index contributed by atoms with van der Waals surface area (Å²) in [6, 6.07) is 24.3. The number of allylic oxidation sites excluding steroid dienone is 1. The molecule has 0 radical (unpaired) electrons. The van der Waals surface area contributed by atoms with Crippen LogP contribution in [0, 0.1) is 11.3 Å². The first-order valence-corrected chi connectivity index (χ1v) is 11.6. The second kappa shape index (κ2) is 9.90. The van der Waals surface area contributed by atoms with Crippen LogP contribution < -0.4 is 10.3 Å². The van der Waals surface area contributed by atoms with Gasteiger partial charge in [-0.3, -0.25) is 4.79 Å². The lowest BCUT2D eigenvalue weighted by atomic mass is 10.1. The molecule has 8 heteroatoms. The van der Waals surface area contributed by atoms with E-state index in [1.165, 1.54) is 0 Å². The fourth-order valence-electron chi connectivity index (χ4n) is 3.87. The van der Waals surface area contributed by atoms with E-state index in [2.05, 4.69) is 16.0 Å². The summed E-state index contributed by atoms with van der Waals surface area (Å²) in [5, 5.41) is 15.7. The van der Waals surface area contributed by atoms with Gasteiger partial charge in [-0.1, -0.05) is 41.9 Å². The van der Waals surface area contributed by atoms with Crippen LogP contribution in [0.3, 0.4) is 0 Å². The molecule has 0 aliphatic rings. The Morgan fingerprint density at radius 1 is 1.14 bits per heavy atom. The number of aromatic nitrogens is 4. The number of para-hydroxylation sites is 2. The van der Waals surface area contributed by atoms with Gasteiger partial charge in [0.15, 0.2) is 5.82 Å². The van der Waals surface area contributed by atoms with Gasteiger partial charge in [-0.25, -0.2) is 9.67 Å². The minimum Gasteiger partial charge on any atom is -0.492 e. The maximum atomic E-state index is 12.6. The Kier molecular flexibility index (Phi) is 6.35. The van der Waals surface area contributed by atoms with Gasteiger partial charge in [0.2, 0.25) is 0 Å². The Balaban J connectivity index is 1.67. The average molecular weight is 494 g/mol. The summed E-state index contributed by atoms with van der Waals surface area (Å²) in [4.78, 5) is 19.8. The number of nitrogens with one attached hydrogen (secondary N) is 1. The lowest BCUT2D eigenvalue weighted by Gasteiger charge is -2.07. The number of nitrogens with zero attached hydrogens (tertiary/aromatic N) is 4. The summed E-state index contributed by atoms with van der Waals surface area (Å²) in [6.07, 6.45) is 3.49. The van der Waals surface area contributed by atoms with Crippen LogP contribution in [0.15, 0.2) is 83.8 Å².